The van der Waals surface area contributed by atoms with Gasteiger partial charge in [0.25, 0.3) is 0 Å². The third-order valence-electron chi connectivity index (χ3n) is 3.55. The van der Waals surface area contributed by atoms with Gasteiger partial charge in [0.1, 0.15) is 0 Å². The number of nitrogens with one attached hydrogen (secondary N) is 3. The molecule has 0 spiro atoms. The molecule has 1 amide bonds. The van der Waals surface area contributed by atoms with Gasteiger partial charge >= 0.3 is 0 Å². The number of carbonyl (C=O) groups excluding carboxylic acids is 1. The maximum Gasteiger partial charge on any atom is 0.227 e. The maximum atomic E-state index is 11.8. The number of hydrogen-bond acceptors (Lipinski definition) is 4. The molecular weight excluding hydrogens is 276 g/mol. The summed E-state index contributed by atoms with van der Waals surface area (Å²) < 4.78 is 0. The number of rotatable bonds is 6. The van der Waals surface area contributed by atoms with Crippen molar-refractivity contribution in [2.45, 2.75) is 20.3 Å². The van der Waals surface area contributed by atoms with Gasteiger partial charge in [-0.1, -0.05) is 13.8 Å². The second kappa shape index (κ2) is 7.47. The van der Waals surface area contributed by atoms with Crippen molar-refractivity contribution in [3.8, 4) is 0 Å². The normalized spacial score (nSPS) is 11.6. The second-order valence-electron chi connectivity index (χ2n) is 5.22. The zero-order chi connectivity index (χ0) is 15.9. The van der Waals surface area contributed by atoms with Crippen LogP contribution in [0, 0.1) is 5.92 Å². The third-order valence-corrected chi connectivity index (χ3v) is 3.55. The first-order valence-electron chi connectivity index (χ1n) is 7.37. The van der Waals surface area contributed by atoms with Crippen molar-refractivity contribution in [1.29, 1.82) is 0 Å². The van der Waals surface area contributed by atoms with E-state index in [0.29, 0.717) is 0 Å². The van der Waals surface area contributed by atoms with Crippen molar-refractivity contribution >= 4 is 28.7 Å². The Hall–Kier alpha value is -2.53. The molecule has 0 aliphatic carbocycles. The highest BCUT2D eigenvalue weighted by Gasteiger charge is 2.10. The van der Waals surface area contributed by atoms with Crippen LogP contribution in [0.5, 0.6) is 0 Å². The lowest BCUT2D eigenvalue weighted by atomic mass is 10.1. The van der Waals surface area contributed by atoms with Gasteiger partial charge in [-0.05, 0) is 55.0 Å². The monoisotopic (exact) mass is 298 g/mol. The van der Waals surface area contributed by atoms with E-state index in [2.05, 4.69) is 16.1 Å². The lowest BCUT2D eigenvalue weighted by molar-refractivity contribution is -0.119. The van der Waals surface area contributed by atoms with Crippen molar-refractivity contribution in [1.82, 2.24) is 0 Å². The molecule has 2 aromatic rings. The van der Waals surface area contributed by atoms with E-state index >= 15 is 0 Å². The van der Waals surface area contributed by atoms with Crippen molar-refractivity contribution in [3.05, 3.63) is 48.5 Å². The first-order valence-corrected chi connectivity index (χ1v) is 7.37. The van der Waals surface area contributed by atoms with Crippen LogP contribution in [-0.4, -0.2) is 5.91 Å². The van der Waals surface area contributed by atoms with E-state index < -0.39 is 0 Å². The molecule has 0 aliphatic heterocycles. The van der Waals surface area contributed by atoms with Gasteiger partial charge in [-0.2, -0.15) is 0 Å². The predicted molar refractivity (Wildman–Crippen MR) is 92.1 cm³/mol. The van der Waals surface area contributed by atoms with E-state index in [1.165, 1.54) is 0 Å². The Kier molecular flexibility index (Phi) is 5.38. The fraction of sp³-hybridized carbons (Fsp3) is 0.235. The number of amides is 1. The zero-order valence-corrected chi connectivity index (χ0v) is 12.9. The number of carbonyl (C=O) groups is 1. The van der Waals surface area contributed by atoms with E-state index in [1.807, 2.05) is 62.4 Å². The van der Waals surface area contributed by atoms with Gasteiger partial charge in [0.2, 0.25) is 5.91 Å². The largest absolute Gasteiger partial charge is 0.356 e. The second-order valence-corrected chi connectivity index (χ2v) is 5.22. The van der Waals surface area contributed by atoms with Crippen molar-refractivity contribution in [2.75, 3.05) is 16.1 Å². The van der Waals surface area contributed by atoms with Crippen LogP contribution in [0.15, 0.2) is 48.5 Å². The van der Waals surface area contributed by atoms with Gasteiger partial charge in [0.05, 0.1) is 0 Å². The molecule has 5 N–H and O–H groups in total. The Labute approximate surface area is 130 Å². The highest BCUT2D eigenvalue weighted by molar-refractivity contribution is 5.92. The van der Waals surface area contributed by atoms with Crippen molar-refractivity contribution < 1.29 is 4.79 Å². The van der Waals surface area contributed by atoms with Crippen LogP contribution >= 0.6 is 0 Å². The number of hydrogen-bond donors (Lipinski definition) is 4. The maximum absolute atomic E-state index is 11.8. The topological polar surface area (TPSA) is 79.2 Å². The fourth-order valence-electron chi connectivity index (χ4n) is 1.90. The summed E-state index contributed by atoms with van der Waals surface area (Å²) in [6.45, 7) is 3.92. The molecule has 0 aliphatic rings. The summed E-state index contributed by atoms with van der Waals surface area (Å²) in [7, 11) is 0. The van der Waals surface area contributed by atoms with E-state index in [4.69, 9.17) is 5.84 Å². The highest BCUT2D eigenvalue weighted by Crippen LogP contribution is 2.20. The number of anilines is 4. The SMILES string of the molecule is CCC(C)C(=O)Nc1ccc(Nc2ccc(NN)cc2)cc1. The molecule has 0 saturated carbocycles. The standard InChI is InChI=1S/C17H22N4O/c1-3-12(2)17(22)20-15-6-4-13(5-7-15)19-14-8-10-16(21-18)11-9-14/h4-12,19,21H,3,18H2,1-2H3,(H,20,22). The summed E-state index contributed by atoms with van der Waals surface area (Å²) in [6.07, 6.45) is 0.832. The Balaban J connectivity index is 1.97. The fourth-order valence-corrected chi connectivity index (χ4v) is 1.90. The summed E-state index contributed by atoms with van der Waals surface area (Å²) in [5.41, 5.74) is 6.17. The van der Waals surface area contributed by atoms with Crippen molar-refractivity contribution in [3.63, 3.8) is 0 Å². The minimum absolute atomic E-state index is 0.0208. The molecule has 1 atom stereocenters. The Bertz CT molecular complexity index is 608. The molecule has 5 heteroatoms. The lowest BCUT2D eigenvalue weighted by Gasteiger charge is -2.11. The molecular formula is C17H22N4O. The first-order chi connectivity index (χ1) is 10.6. The third kappa shape index (κ3) is 4.23. The summed E-state index contributed by atoms with van der Waals surface area (Å²) in [4.78, 5) is 11.8. The van der Waals surface area contributed by atoms with Crippen LogP contribution in [-0.2, 0) is 4.79 Å². The molecule has 0 aromatic heterocycles. The van der Waals surface area contributed by atoms with Gasteiger partial charge in [-0.3, -0.25) is 10.6 Å². The molecule has 0 saturated heterocycles. The minimum Gasteiger partial charge on any atom is -0.356 e. The quantitative estimate of drug-likeness (QED) is 0.484. The first kappa shape index (κ1) is 15.9. The molecule has 2 rings (SSSR count). The summed E-state index contributed by atoms with van der Waals surface area (Å²) in [6, 6.07) is 15.3. The van der Waals surface area contributed by atoms with Crippen LogP contribution in [0.2, 0.25) is 0 Å². The molecule has 0 radical (unpaired) electrons. The molecule has 116 valence electrons. The number of nitrogen functional groups attached to an aromatic ring is 1. The zero-order valence-electron chi connectivity index (χ0n) is 12.9. The van der Waals surface area contributed by atoms with Gasteiger partial charge < -0.3 is 16.1 Å². The Morgan fingerprint density at radius 2 is 1.41 bits per heavy atom. The summed E-state index contributed by atoms with van der Waals surface area (Å²) in [5, 5.41) is 6.20. The molecule has 2 aromatic carbocycles. The molecule has 0 fully saturated rings. The molecule has 0 bridgehead atoms. The molecule has 1 unspecified atom stereocenters. The number of benzene rings is 2. The van der Waals surface area contributed by atoms with E-state index in [-0.39, 0.29) is 11.8 Å². The lowest BCUT2D eigenvalue weighted by Crippen LogP contribution is -2.19. The van der Waals surface area contributed by atoms with Crippen LogP contribution in [0.3, 0.4) is 0 Å². The van der Waals surface area contributed by atoms with Crippen LogP contribution in [0.1, 0.15) is 20.3 Å². The van der Waals surface area contributed by atoms with Gasteiger partial charge in [-0.15, -0.1) is 0 Å². The minimum atomic E-state index is 0.0208. The van der Waals surface area contributed by atoms with Gasteiger partial charge in [0, 0.05) is 28.7 Å². The van der Waals surface area contributed by atoms with Gasteiger partial charge in [-0.25, -0.2) is 0 Å². The average Bonchev–Trinajstić information content (AvgIpc) is 2.56. The average molecular weight is 298 g/mol. The van der Waals surface area contributed by atoms with Crippen LogP contribution in [0.25, 0.3) is 0 Å². The van der Waals surface area contributed by atoms with E-state index in [1.54, 1.807) is 0 Å². The highest BCUT2D eigenvalue weighted by atomic mass is 16.1. The predicted octanol–water partition coefficient (Wildman–Crippen LogP) is 3.70. The number of hydrazine groups is 1. The Morgan fingerprint density at radius 1 is 0.955 bits per heavy atom. The van der Waals surface area contributed by atoms with Gasteiger partial charge in [0.15, 0.2) is 0 Å². The number of nitrogens with two attached hydrogens (primary N) is 1. The molecule has 22 heavy (non-hydrogen) atoms. The Morgan fingerprint density at radius 3 is 1.86 bits per heavy atom. The smallest absolute Gasteiger partial charge is 0.227 e. The van der Waals surface area contributed by atoms with E-state index in [9.17, 15) is 4.79 Å². The van der Waals surface area contributed by atoms with Crippen LogP contribution in [0.4, 0.5) is 22.7 Å². The van der Waals surface area contributed by atoms with Crippen molar-refractivity contribution in [2.24, 2.45) is 11.8 Å². The van der Waals surface area contributed by atoms with E-state index in [0.717, 1.165) is 29.2 Å². The summed E-state index contributed by atoms with van der Waals surface area (Å²) >= 11 is 0. The molecule has 0 heterocycles. The molecule has 5 nitrogen and oxygen atoms in total. The summed E-state index contributed by atoms with van der Waals surface area (Å²) in [5.74, 6) is 5.41. The van der Waals surface area contributed by atoms with Crippen LogP contribution < -0.4 is 21.9 Å².